The molecule has 25 heavy (non-hydrogen) atoms. The number of benzene rings is 1. The Kier molecular flexibility index (Phi) is 4.34. The van der Waals surface area contributed by atoms with Crippen molar-refractivity contribution in [2.75, 3.05) is 13.1 Å². The maximum Gasteiger partial charge on any atom is 0.234 e. The van der Waals surface area contributed by atoms with Crippen molar-refractivity contribution in [3.8, 4) is 0 Å². The van der Waals surface area contributed by atoms with Crippen LogP contribution in [0.25, 0.3) is 0 Å². The number of fused-ring (bicyclic) bond motifs is 2. The number of imidazole rings is 1. The third-order valence-electron chi connectivity index (χ3n) is 5.61. The summed E-state index contributed by atoms with van der Waals surface area (Å²) in [6.07, 6.45) is 3.29. The van der Waals surface area contributed by atoms with E-state index in [9.17, 15) is 4.79 Å². The van der Waals surface area contributed by atoms with Gasteiger partial charge in [0, 0.05) is 18.8 Å². The van der Waals surface area contributed by atoms with E-state index in [0.717, 1.165) is 50.4 Å². The van der Waals surface area contributed by atoms with Crippen LogP contribution < -0.4 is 5.32 Å². The number of hydrogen-bond donors (Lipinski definition) is 1. The number of nitrogens with zero attached hydrogens (tertiary/aromatic N) is 3. The smallest absolute Gasteiger partial charge is 0.234 e. The normalized spacial score (nSPS) is 20.0. The number of amides is 1. The van der Waals surface area contributed by atoms with E-state index >= 15 is 0 Å². The molecule has 0 saturated carbocycles. The molecule has 1 atom stereocenters. The maximum absolute atomic E-state index is 12.6. The summed E-state index contributed by atoms with van der Waals surface area (Å²) in [6, 6.07) is 8.65. The molecule has 5 nitrogen and oxygen atoms in total. The van der Waals surface area contributed by atoms with Gasteiger partial charge in [-0.15, -0.1) is 0 Å². The molecule has 132 valence electrons. The van der Waals surface area contributed by atoms with Gasteiger partial charge in [0.05, 0.1) is 24.8 Å². The monoisotopic (exact) mass is 338 g/mol. The predicted octanol–water partition coefficient (Wildman–Crippen LogP) is 2.51. The van der Waals surface area contributed by atoms with Gasteiger partial charge in [0.2, 0.25) is 5.91 Å². The van der Waals surface area contributed by atoms with E-state index in [4.69, 9.17) is 0 Å². The van der Waals surface area contributed by atoms with Crippen LogP contribution in [0.3, 0.4) is 0 Å². The molecule has 0 fully saturated rings. The zero-order valence-corrected chi connectivity index (χ0v) is 15.1. The third-order valence-corrected chi connectivity index (χ3v) is 5.61. The lowest BCUT2D eigenvalue weighted by molar-refractivity contribution is -0.123. The number of nitrogens with one attached hydrogen (secondary N) is 1. The van der Waals surface area contributed by atoms with E-state index < -0.39 is 0 Å². The van der Waals surface area contributed by atoms with Crippen LogP contribution in [0.5, 0.6) is 0 Å². The quantitative estimate of drug-likeness (QED) is 0.935. The molecule has 1 aromatic carbocycles. The summed E-state index contributed by atoms with van der Waals surface area (Å²) >= 11 is 0. The van der Waals surface area contributed by atoms with Crippen molar-refractivity contribution in [1.29, 1.82) is 0 Å². The summed E-state index contributed by atoms with van der Waals surface area (Å²) in [5.41, 5.74) is 5.02. The van der Waals surface area contributed by atoms with Gasteiger partial charge in [-0.05, 0) is 44.2 Å². The van der Waals surface area contributed by atoms with E-state index in [1.54, 1.807) is 0 Å². The predicted molar refractivity (Wildman–Crippen MR) is 97.2 cm³/mol. The second-order valence-corrected chi connectivity index (χ2v) is 7.27. The number of rotatable bonds is 3. The highest BCUT2D eigenvalue weighted by Crippen LogP contribution is 2.29. The molecule has 5 heteroatoms. The van der Waals surface area contributed by atoms with E-state index in [0.29, 0.717) is 6.54 Å². The largest absolute Gasteiger partial charge is 0.348 e. The van der Waals surface area contributed by atoms with Crippen LogP contribution in [-0.2, 0) is 24.3 Å². The molecular weight excluding hydrogens is 312 g/mol. The van der Waals surface area contributed by atoms with E-state index in [-0.39, 0.29) is 11.9 Å². The van der Waals surface area contributed by atoms with Crippen molar-refractivity contribution in [3.63, 3.8) is 0 Å². The summed E-state index contributed by atoms with van der Waals surface area (Å²) in [4.78, 5) is 19.4. The summed E-state index contributed by atoms with van der Waals surface area (Å²) in [5, 5.41) is 3.26. The van der Waals surface area contributed by atoms with Gasteiger partial charge in [-0.3, -0.25) is 9.69 Å². The molecule has 0 radical (unpaired) electrons. The molecule has 0 bridgehead atoms. The second-order valence-electron chi connectivity index (χ2n) is 7.27. The highest BCUT2D eigenvalue weighted by atomic mass is 16.2. The summed E-state index contributed by atoms with van der Waals surface area (Å²) < 4.78 is 2.28. The van der Waals surface area contributed by atoms with Crippen LogP contribution in [0.15, 0.2) is 24.3 Å². The van der Waals surface area contributed by atoms with Crippen molar-refractivity contribution in [2.45, 2.75) is 52.2 Å². The average Bonchev–Trinajstić information content (AvgIpc) is 2.89. The van der Waals surface area contributed by atoms with Crippen LogP contribution >= 0.6 is 0 Å². The van der Waals surface area contributed by atoms with Crippen LogP contribution in [0, 0.1) is 13.8 Å². The first kappa shape index (κ1) is 16.3. The molecule has 1 aromatic heterocycles. The van der Waals surface area contributed by atoms with E-state index in [1.165, 1.54) is 16.8 Å². The van der Waals surface area contributed by atoms with Crippen molar-refractivity contribution in [1.82, 2.24) is 19.8 Å². The lowest BCUT2D eigenvalue weighted by atomic mass is 9.88. The average molecular weight is 338 g/mol. The molecule has 2 aromatic rings. The fourth-order valence-corrected chi connectivity index (χ4v) is 4.14. The Balaban J connectivity index is 1.39. The Bertz CT molecular complexity index is 795. The summed E-state index contributed by atoms with van der Waals surface area (Å²) in [6.45, 7) is 7.19. The highest BCUT2D eigenvalue weighted by molar-refractivity contribution is 5.78. The molecule has 4 rings (SSSR count). The van der Waals surface area contributed by atoms with Crippen molar-refractivity contribution < 1.29 is 4.79 Å². The minimum atomic E-state index is 0.121. The van der Waals surface area contributed by atoms with Crippen LogP contribution in [0.2, 0.25) is 0 Å². The Hall–Kier alpha value is -2.14. The van der Waals surface area contributed by atoms with E-state index in [1.807, 2.05) is 0 Å². The van der Waals surface area contributed by atoms with Gasteiger partial charge in [-0.1, -0.05) is 24.3 Å². The van der Waals surface area contributed by atoms with Crippen LogP contribution in [0.4, 0.5) is 0 Å². The van der Waals surface area contributed by atoms with Gasteiger partial charge >= 0.3 is 0 Å². The fourth-order valence-electron chi connectivity index (χ4n) is 4.14. The lowest BCUT2D eigenvalue weighted by Crippen LogP contribution is -2.43. The first-order valence-electron chi connectivity index (χ1n) is 9.24. The zero-order chi connectivity index (χ0) is 17.4. The number of carbonyl (C=O) groups excluding carboxylic acids is 1. The first-order chi connectivity index (χ1) is 12.1. The number of hydrogen-bond acceptors (Lipinski definition) is 3. The Labute approximate surface area is 149 Å². The Morgan fingerprint density at radius 2 is 2.12 bits per heavy atom. The molecular formula is C20H26N4O. The molecule has 1 unspecified atom stereocenters. The highest BCUT2D eigenvalue weighted by Gasteiger charge is 2.25. The minimum Gasteiger partial charge on any atom is -0.348 e. The van der Waals surface area contributed by atoms with Gasteiger partial charge in [0.25, 0.3) is 0 Å². The second kappa shape index (κ2) is 6.64. The van der Waals surface area contributed by atoms with Gasteiger partial charge in [0.15, 0.2) is 0 Å². The molecule has 1 aliphatic heterocycles. The molecule has 0 spiro atoms. The maximum atomic E-state index is 12.6. The summed E-state index contributed by atoms with van der Waals surface area (Å²) in [5.74, 6) is 1.20. The third kappa shape index (κ3) is 3.21. The fraction of sp³-hybridized carbons (Fsp3) is 0.500. The van der Waals surface area contributed by atoms with Crippen molar-refractivity contribution in [3.05, 3.63) is 52.6 Å². The van der Waals surface area contributed by atoms with Gasteiger partial charge in [-0.2, -0.15) is 0 Å². The lowest BCUT2D eigenvalue weighted by Gasteiger charge is -2.30. The van der Waals surface area contributed by atoms with Crippen molar-refractivity contribution in [2.24, 2.45) is 0 Å². The van der Waals surface area contributed by atoms with Gasteiger partial charge < -0.3 is 9.88 Å². The topological polar surface area (TPSA) is 50.2 Å². The van der Waals surface area contributed by atoms with Crippen molar-refractivity contribution >= 4 is 5.91 Å². The summed E-state index contributed by atoms with van der Waals surface area (Å²) in [7, 11) is 0. The molecule has 2 aliphatic rings. The van der Waals surface area contributed by atoms with Gasteiger partial charge in [0.1, 0.15) is 5.82 Å². The first-order valence-corrected chi connectivity index (χ1v) is 9.24. The Morgan fingerprint density at radius 3 is 3.00 bits per heavy atom. The number of aromatic nitrogens is 2. The molecule has 0 saturated heterocycles. The number of aryl methyl sites for hydroxylation is 2. The van der Waals surface area contributed by atoms with Gasteiger partial charge in [-0.25, -0.2) is 4.98 Å². The molecule has 1 amide bonds. The van der Waals surface area contributed by atoms with Crippen LogP contribution in [0.1, 0.15) is 47.2 Å². The molecule has 2 heterocycles. The minimum absolute atomic E-state index is 0.121. The number of carbonyl (C=O) groups is 1. The van der Waals surface area contributed by atoms with E-state index in [2.05, 4.69) is 57.9 Å². The van der Waals surface area contributed by atoms with Crippen LogP contribution in [-0.4, -0.2) is 33.4 Å². The Morgan fingerprint density at radius 1 is 1.28 bits per heavy atom. The zero-order valence-electron chi connectivity index (χ0n) is 15.1. The molecule has 1 N–H and O–H groups in total. The SMILES string of the molecule is Cc1nc2n(c1C)CCN(CC(=O)NC1CCCc3ccccc31)C2. The molecule has 1 aliphatic carbocycles. The standard InChI is InChI=1S/C20H26N4O/c1-14-15(2)24-11-10-23(12-19(24)21-14)13-20(25)22-18-9-5-7-16-6-3-4-8-17(16)18/h3-4,6,8,18H,5,7,9-13H2,1-2H3,(H,22,25).